The molecule has 0 aromatic carbocycles. The number of nitrogens with zero attached hydrogens (tertiary/aromatic N) is 1. The van der Waals surface area contributed by atoms with Crippen LogP contribution in [-0.4, -0.2) is 62.3 Å². The molecule has 0 aliphatic carbocycles. The highest BCUT2D eigenvalue weighted by atomic mass is 32.1. The lowest BCUT2D eigenvalue weighted by Gasteiger charge is -2.16. The molecular weight excluding hydrogens is 292 g/mol. The second kappa shape index (κ2) is 9.28. The van der Waals surface area contributed by atoms with Crippen LogP contribution in [0.4, 0.5) is 0 Å². The summed E-state index contributed by atoms with van der Waals surface area (Å²) in [5.74, 6) is -1.22. The van der Waals surface area contributed by atoms with Gasteiger partial charge in [0.05, 0.1) is 11.5 Å². The van der Waals surface area contributed by atoms with Crippen LogP contribution in [0.3, 0.4) is 0 Å². The first-order chi connectivity index (χ1) is 10.0. The molecule has 21 heavy (non-hydrogen) atoms. The van der Waals surface area contributed by atoms with Crippen LogP contribution in [0.5, 0.6) is 0 Å². The second-order valence-electron chi connectivity index (χ2n) is 4.43. The Hall–Kier alpha value is -1.70. The molecule has 0 aliphatic rings. The summed E-state index contributed by atoms with van der Waals surface area (Å²) < 4.78 is 4.98. The zero-order valence-corrected chi connectivity index (χ0v) is 13.0. The molecule has 0 fully saturated rings. The summed E-state index contributed by atoms with van der Waals surface area (Å²) in [6, 6.07) is 1.73. The molecule has 1 aromatic heterocycles. The molecule has 0 bridgehead atoms. The van der Waals surface area contributed by atoms with Crippen LogP contribution in [0.1, 0.15) is 15.2 Å². The fourth-order valence-electron chi connectivity index (χ4n) is 1.60. The summed E-state index contributed by atoms with van der Waals surface area (Å²) in [4.78, 5) is 25.1. The van der Waals surface area contributed by atoms with Gasteiger partial charge in [0.1, 0.15) is 0 Å². The van der Waals surface area contributed by atoms with Gasteiger partial charge in [-0.3, -0.25) is 4.79 Å². The van der Waals surface area contributed by atoms with E-state index in [0.717, 1.165) is 19.2 Å². The highest BCUT2D eigenvalue weighted by Crippen LogP contribution is 2.18. The maximum atomic E-state index is 12.0. The van der Waals surface area contributed by atoms with Crippen molar-refractivity contribution < 1.29 is 19.4 Å². The molecule has 2 N–H and O–H groups in total. The molecule has 7 heteroatoms. The Morgan fingerprint density at radius 3 is 2.90 bits per heavy atom. The number of carbonyl (C=O) groups is 2. The largest absolute Gasteiger partial charge is 0.478 e. The summed E-state index contributed by atoms with van der Waals surface area (Å²) in [7, 11) is 3.61. The Morgan fingerprint density at radius 1 is 1.48 bits per heavy atom. The maximum Gasteiger partial charge on any atom is 0.328 e. The van der Waals surface area contributed by atoms with Crippen LogP contribution in [-0.2, 0) is 9.53 Å². The van der Waals surface area contributed by atoms with E-state index in [1.807, 2.05) is 7.05 Å². The van der Waals surface area contributed by atoms with Crippen LogP contribution in [0, 0.1) is 0 Å². The average Bonchev–Trinajstić information content (AvgIpc) is 2.91. The van der Waals surface area contributed by atoms with E-state index in [9.17, 15) is 9.59 Å². The van der Waals surface area contributed by atoms with E-state index in [2.05, 4.69) is 10.2 Å². The molecule has 1 heterocycles. The van der Waals surface area contributed by atoms with Crippen molar-refractivity contribution in [1.29, 1.82) is 0 Å². The van der Waals surface area contributed by atoms with Crippen LogP contribution in [0.15, 0.2) is 17.5 Å². The Balaban J connectivity index is 2.46. The number of carboxylic acid groups (broad SMARTS) is 1. The zero-order valence-electron chi connectivity index (χ0n) is 12.2. The molecule has 6 nitrogen and oxygen atoms in total. The molecule has 0 aliphatic heterocycles. The summed E-state index contributed by atoms with van der Waals surface area (Å²) >= 11 is 1.29. The number of aliphatic carboxylic acids is 1. The van der Waals surface area contributed by atoms with Gasteiger partial charge in [-0.1, -0.05) is 0 Å². The van der Waals surface area contributed by atoms with E-state index < -0.39 is 5.97 Å². The van der Waals surface area contributed by atoms with Gasteiger partial charge in [-0.2, -0.15) is 0 Å². The van der Waals surface area contributed by atoms with Gasteiger partial charge in [0, 0.05) is 32.8 Å². The lowest BCUT2D eigenvalue weighted by Crippen LogP contribution is -2.34. The number of thiophene rings is 1. The molecule has 1 rings (SSSR count). The van der Waals surface area contributed by atoms with Crippen LogP contribution >= 0.6 is 11.3 Å². The molecule has 1 amide bonds. The number of likely N-dealkylation sites (N-methyl/N-ethyl adjacent to an activating group) is 1. The number of rotatable bonds is 9. The lowest BCUT2D eigenvalue weighted by molar-refractivity contribution is -0.131. The Bertz CT molecular complexity index is 499. The Morgan fingerprint density at radius 2 is 2.24 bits per heavy atom. The van der Waals surface area contributed by atoms with Gasteiger partial charge in [0.2, 0.25) is 0 Å². The summed E-state index contributed by atoms with van der Waals surface area (Å²) in [6.45, 7) is 2.71. The number of hydrogen-bond donors (Lipinski definition) is 2. The van der Waals surface area contributed by atoms with Crippen LogP contribution in [0.2, 0.25) is 0 Å². The number of carboxylic acids is 1. The van der Waals surface area contributed by atoms with E-state index in [-0.39, 0.29) is 5.91 Å². The molecule has 0 unspecified atom stereocenters. The normalized spacial score (nSPS) is 11.2. The topological polar surface area (TPSA) is 78.9 Å². The van der Waals surface area contributed by atoms with Gasteiger partial charge in [-0.05, 0) is 30.1 Å². The number of carbonyl (C=O) groups excluding carboxylic acids is 1. The fraction of sp³-hybridized carbons (Fsp3) is 0.429. The summed E-state index contributed by atoms with van der Waals surface area (Å²) in [6.07, 6.45) is 2.45. The molecule has 0 saturated carbocycles. The second-order valence-corrected chi connectivity index (χ2v) is 5.34. The van der Waals surface area contributed by atoms with Crippen molar-refractivity contribution >= 4 is 29.3 Å². The Kier molecular flexibility index (Phi) is 7.66. The number of hydrogen-bond acceptors (Lipinski definition) is 5. The number of ether oxygens (including phenoxy) is 1. The highest BCUT2D eigenvalue weighted by molar-refractivity contribution is 7.12. The molecule has 0 spiro atoms. The first-order valence-corrected chi connectivity index (χ1v) is 7.36. The third-order valence-electron chi connectivity index (χ3n) is 2.76. The van der Waals surface area contributed by atoms with Crippen molar-refractivity contribution in [1.82, 2.24) is 10.2 Å². The monoisotopic (exact) mass is 312 g/mol. The van der Waals surface area contributed by atoms with Crippen LogP contribution < -0.4 is 5.32 Å². The van der Waals surface area contributed by atoms with E-state index in [4.69, 9.17) is 9.84 Å². The summed E-state index contributed by atoms with van der Waals surface area (Å²) in [5, 5.41) is 13.2. The van der Waals surface area contributed by atoms with Crippen molar-refractivity contribution in [3.8, 4) is 0 Å². The third kappa shape index (κ3) is 6.52. The van der Waals surface area contributed by atoms with Gasteiger partial charge in [-0.15, -0.1) is 11.3 Å². The standard InChI is InChI=1S/C14H20N2O4S/c1-16(8-9-20-2)7-6-15-14(19)13-11(5-10-21-13)3-4-12(17)18/h3-5,10H,6-9H2,1-2H3,(H,15,19)(H,17,18). The Labute approximate surface area is 128 Å². The maximum absolute atomic E-state index is 12.0. The molecule has 0 saturated heterocycles. The minimum atomic E-state index is -1.03. The van der Waals surface area contributed by atoms with Crippen LogP contribution in [0.25, 0.3) is 6.08 Å². The predicted octanol–water partition coefficient (Wildman–Crippen LogP) is 1.15. The fourth-order valence-corrected chi connectivity index (χ4v) is 2.40. The lowest BCUT2D eigenvalue weighted by atomic mass is 10.2. The van der Waals surface area contributed by atoms with Crippen molar-refractivity contribution in [2.24, 2.45) is 0 Å². The summed E-state index contributed by atoms with van der Waals surface area (Å²) in [5.41, 5.74) is 0.618. The first-order valence-electron chi connectivity index (χ1n) is 6.48. The SMILES string of the molecule is COCCN(C)CCNC(=O)c1sccc1C=CC(=O)O. The molecule has 0 atom stereocenters. The van der Waals surface area contributed by atoms with Crippen molar-refractivity contribution in [2.75, 3.05) is 40.4 Å². The van der Waals surface area contributed by atoms with E-state index >= 15 is 0 Å². The average molecular weight is 312 g/mol. The highest BCUT2D eigenvalue weighted by Gasteiger charge is 2.11. The van der Waals surface area contributed by atoms with Gasteiger partial charge in [0.25, 0.3) is 5.91 Å². The number of nitrogens with one attached hydrogen (secondary N) is 1. The zero-order chi connectivity index (χ0) is 15.7. The number of amides is 1. The van der Waals surface area contributed by atoms with Gasteiger partial charge >= 0.3 is 5.97 Å². The van der Waals surface area contributed by atoms with Crippen molar-refractivity contribution in [2.45, 2.75) is 0 Å². The van der Waals surface area contributed by atoms with E-state index in [1.54, 1.807) is 18.6 Å². The van der Waals surface area contributed by atoms with Crippen molar-refractivity contribution in [3.63, 3.8) is 0 Å². The molecule has 116 valence electrons. The van der Waals surface area contributed by atoms with Gasteiger partial charge in [-0.25, -0.2) is 4.79 Å². The molecule has 0 radical (unpaired) electrons. The smallest absolute Gasteiger partial charge is 0.328 e. The van der Waals surface area contributed by atoms with Gasteiger partial charge in [0.15, 0.2) is 0 Å². The third-order valence-corrected chi connectivity index (χ3v) is 3.69. The quantitative estimate of drug-likeness (QED) is 0.669. The number of methoxy groups -OCH3 is 1. The van der Waals surface area contributed by atoms with Gasteiger partial charge < -0.3 is 20.1 Å². The van der Waals surface area contributed by atoms with Crippen molar-refractivity contribution in [3.05, 3.63) is 28.0 Å². The predicted molar refractivity (Wildman–Crippen MR) is 82.7 cm³/mol. The molecular formula is C14H20N2O4S. The minimum absolute atomic E-state index is 0.185. The van der Waals surface area contributed by atoms with E-state index in [0.29, 0.717) is 23.6 Å². The molecule has 1 aromatic rings. The van der Waals surface area contributed by atoms with E-state index in [1.165, 1.54) is 17.4 Å². The first kappa shape index (κ1) is 17.4. The minimum Gasteiger partial charge on any atom is -0.478 e.